The normalized spacial score (nSPS) is 12.3. The standard InChI is InChI=1S/C20H23NO5S/c1-14-8-10-17(11-9-14)27(24,25)13-12-19(22)26-16(3)20(23)21-18-7-5-4-6-15(18)2/h4-11,16H,12-13H2,1-3H3,(H,21,23)/t16-/m0/s1. The lowest BCUT2D eigenvalue weighted by Gasteiger charge is -2.14. The van der Waals surface area contributed by atoms with E-state index < -0.39 is 27.8 Å². The molecule has 0 unspecified atom stereocenters. The third-order valence-electron chi connectivity index (χ3n) is 4.04. The number of sulfone groups is 1. The molecule has 2 aromatic carbocycles. The highest BCUT2D eigenvalue weighted by Crippen LogP contribution is 2.15. The van der Waals surface area contributed by atoms with E-state index in [1.807, 2.05) is 26.0 Å². The highest BCUT2D eigenvalue weighted by molar-refractivity contribution is 7.91. The van der Waals surface area contributed by atoms with E-state index in [-0.39, 0.29) is 17.1 Å². The Bertz CT molecular complexity index is 920. The number of nitrogens with one attached hydrogen (secondary N) is 1. The Morgan fingerprint density at radius 3 is 2.30 bits per heavy atom. The summed E-state index contributed by atoms with van der Waals surface area (Å²) in [6.45, 7) is 5.15. The number of carbonyl (C=O) groups is 2. The molecular weight excluding hydrogens is 366 g/mol. The first kappa shape index (κ1) is 20.6. The van der Waals surface area contributed by atoms with E-state index in [4.69, 9.17) is 4.74 Å². The molecule has 27 heavy (non-hydrogen) atoms. The quantitative estimate of drug-likeness (QED) is 0.735. The molecule has 0 radical (unpaired) electrons. The molecule has 1 amide bonds. The summed E-state index contributed by atoms with van der Waals surface area (Å²) < 4.78 is 29.6. The Balaban J connectivity index is 1.88. The van der Waals surface area contributed by atoms with E-state index in [1.165, 1.54) is 19.1 Å². The minimum absolute atomic E-state index is 0.159. The first-order valence-electron chi connectivity index (χ1n) is 8.54. The van der Waals surface area contributed by atoms with Crippen LogP contribution in [0.1, 0.15) is 24.5 Å². The number of carbonyl (C=O) groups excluding carboxylic acids is 2. The number of esters is 1. The number of amides is 1. The topological polar surface area (TPSA) is 89.5 Å². The summed E-state index contributed by atoms with van der Waals surface area (Å²) in [6.07, 6.45) is -1.35. The number of para-hydroxylation sites is 1. The van der Waals surface area contributed by atoms with Crippen molar-refractivity contribution in [2.75, 3.05) is 11.1 Å². The van der Waals surface area contributed by atoms with Gasteiger partial charge in [-0.3, -0.25) is 9.59 Å². The van der Waals surface area contributed by atoms with Crippen LogP contribution in [0.25, 0.3) is 0 Å². The Kier molecular flexibility index (Phi) is 6.74. The highest BCUT2D eigenvalue weighted by Gasteiger charge is 2.21. The molecule has 0 aliphatic carbocycles. The number of rotatable bonds is 7. The summed E-state index contributed by atoms with van der Waals surface area (Å²) in [5.74, 6) is -1.58. The average molecular weight is 389 g/mol. The first-order chi connectivity index (χ1) is 12.7. The smallest absolute Gasteiger partial charge is 0.307 e. The van der Waals surface area contributed by atoms with Crippen molar-refractivity contribution in [3.63, 3.8) is 0 Å². The van der Waals surface area contributed by atoms with Crippen molar-refractivity contribution in [3.05, 3.63) is 59.7 Å². The number of hydrogen-bond acceptors (Lipinski definition) is 5. The molecule has 0 bridgehead atoms. The number of aryl methyl sites for hydroxylation is 2. The van der Waals surface area contributed by atoms with Crippen LogP contribution in [-0.2, 0) is 24.2 Å². The maximum atomic E-state index is 12.3. The van der Waals surface area contributed by atoms with Crippen LogP contribution in [0.5, 0.6) is 0 Å². The molecule has 144 valence electrons. The van der Waals surface area contributed by atoms with Crippen LogP contribution in [0.3, 0.4) is 0 Å². The summed E-state index contributed by atoms with van der Waals surface area (Å²) in [6, 6.07) is 13.6. The van der Waals surface area contributed by atoms with Gasteiger partial charge in [0.1, 0.15) is 0 Å². The van der Waals surface area contributed by atoms with Gasteiger partial charge in [0, 0.05) is 5.69 Å². The van der Waals surface area contributed by atoms with Crippen molar-refractivity contribution in [3.8, 4) is 0 Å². The molecule has 0 aliphatic rings. The lowest BCUT2D eigenvalue weighted by molar-refractivity contribution is -0.152. The van der Waals surface area contributed by atoms with Gasteiger partial charge in [0.25, 0.3) is 5.91 Å². The van der Waals surface area contributed by atoms with Crippen molar-refractivity contribution in [1.29, 1.82) is 0 Å². The molecule has 7 heteroatoms. The molecule has 0 aliphatic heterocycles. The monoisotopic (exact) mass is 389 g/mol. The zero-order valence-electron chi connectivity index (χ0n) is 15.6. The predicted molar refractivity (Wildman–Crippen MR) is 103 cm³/mol. The van der Waals surface area contributed by atoms with Crippen LogP contribution in [0.4, 0.5) is 5.69 Å². The van der Waals surface area contributed by atoms with Crippen molar-refractivity contribution in [1.82, 2.24) is 0 Å². The largest absolute Gasteiger partial charge is 0.453 e. The molecule has 2 rings (SSSR count). The van der Waals surface area contributed by atoms with E-state index in [2.05, 4.69) is 5.32 Å². The molecule has 1 atom stereocenters. The van der Waals surface area contributed by atoms with Gasteiger partial charge in [0.05, 0.1) is 17.1 Å². The summed E-state index contributed by atoms with van der Waals surface area (Å²) >= 11 is 0. The second kappa shape index (κ2) is 8.81. The second-order valence-corrected chi connectivity index (χ2v) is 8.43. The Labute approximate surface area is 159 Å². The summed E-state index contributed by atoms with van der Waals surface area (Å²) in [5, 5.41) is 2.68. The van der Waals surface area contributed by atoms with E-state index >= 15 is 0 Å². The molecule has 2 aromatic rings. The van der Waals surface area contributed by atoms with E-state index in [0.717, 1.165) is 11.1 Å². The van der Waals surface area contributed by atoms with Gasteiger partial charge in [-0.2, -0.15) is 0 Å². The average Bonchev–Trinajstić information content (AvgIpc) is 2.62. The molecule has 0 fully saturated rings. The predicted octanol–water partition coefficient (Wildman–Crippen LogP) is 3.04. The maximum absolute atomic E-state index is 12.3. The SMILES string of the molecule is Cc1ccc(S(=O)(=O)CCC(=O)O[C@@H](C)C(=O)Nc2ccccc2C)cc1. The summed E-state index contributed by atoms with van der Waals surface area (Å²) in [4.78, 5) is 24.2. The summed E-state index contributed by atoms with van der Waals surface area (Å²) in [7, 11) is -3.58. The van der Waals surface area contributed by atoms with E-state index in [1.54, 1.807) is 24.3 Å². The number of anilines is 1. The molecule has 0 heterocycles. The summed E-state index contributed by atoms with van der Waals surface area (Å²) in [5.41, 5.74) is 2.46. The molecular formula is C20H23NO5S. The fourth-order valence-corrected chi connectivity index (χ4v) is 3.56. The zero-order valence-corrected chi connectivity index (χ0v) is 16.4. The van der Waals surface area contributed by atoms with Gasteiger partial charge in [0.2, 0.25) is 0 Å². The zero-order chi connectivity index (χ0) is 20.0. The van der Waals surface area contributed by atoms with E-state index in [9.17, 15) is 18.0 Å². The molecule has 0 aromatic heterocycles. The van der Waals surface area contributed by atoms with Gasteiger partial charge in [-0.1, -0.05) is 35.9 Å². The van der Waals surface area contributed by atoms with Crippen molar-refractivity contribution in [2.24, 2.45) is 0 Å². The van der Waals surface area contributed by atoms with Gasteiger partial charge in [-0.25, -0.2) is 8.42 Å². The van der Waals surface area contributed by atoms with Crippen LogP contribution in [0.15, 0.2) is 53.4 Å². The lowest BCUT2D eigenvalue weighted by atomic mass is 10.2. The van der Waals surface area contributed by atoms with Crippen LogP contribution < -0.4 is 5.32 Å². The maximum Gasteiger partial charge on any atom is 0.307 e. The van der Waals surface area contributed by atoms with Crippen LogP contribution >= 0.6 is 0 Å². The van der Waals surface area contributed by atoms with Gasteiger partial charge in [-0.05, 0) is 44.5 Å². The fraction of sp³-hybridized carbons (Fsp3) is 0.300. The number of ether oxygens (including phenoxy) is 1. The molecule has 6 nitrogen and oxygen atoms in total. The molecule has 0 saturated heterocycles. The molecule has 0 saturated carbocycles. The van der Waals surface area contributed by atoms with Gasteiger partial charge >= 0.3 is 5.97 Å². The highest BCUT2D eigenvalue weighted by atomic mass is 32.2. The number of benzene rings is 2. The number of hydrogen-bond donors (Lipinski definition) is 1. The molecule has 0 spiro atoms. The van der Waals surface area contributed by atoms with Gasteiger partial charge in [-0.15, -0.1) is 0 Å². The Morgan fingerprint density at radius 1 is 1.04 bits per heavy atom. The first-order valence-corrected chi connectivity index (χ1v) is 10.2. The van der Waals surface area contributed by atoms with Crippen LogP contribution in [0, 0.1) is 13.8 Å². The Morgan fingerprint density at radius 2 is 1.67 bits per heavy atom. The minimum Gasteiger partial charge on any atom is -0.453 e. The Hall–Kier alpha value is -2.67. The van der Waals surface area contributed by atoms with E-state index in [0.29, 0.717) is 5.69 Å². The lowest BCUT2D eigenvalue weighted by Crippen LogP contribution is -2.30. The minimum atomic E-state index is -3.58. The van der Waals surface area contributed by atoms with Crippen molar-refractivity contribution >= 4 is 27.4 Å². The fourth-order valence-electron chi connectivity index (χ4n) is 2.34. The van der Waals surface area contributed by atoms with Gasteiger partial charge < -0.3 is 10.1 Å². The third-order valence-corrected chi connectivity index (χ3v) is 5.77. The van der Waals surface area contributed by atoms with Gasteiger partial charge in [0.15, 0.2) is 15.9 Å². The van der Waals surface area contributed by atoms with Crippen molar-refractivity contribution < 1.29 is 22.7 Å². The second-order valence-electron chi connectivity index (χ2n) is 6.32. The van der Waals surface area contributed by atoms with Crippen LogP contribution in [0.2, 0.25) is 0 Å². The molecule has 1 N–H and O–H groups in total. The van der Waals surface area contributed by atoms with Crippen molar-refractivity contribution in [2.45, 2.75) is 38.2 Å². The van der Waals surface area contributed by atoms with Crippen LogP contribution in [-0.4, -0.2) is 32.2 Å². The third kappa shape index (κ3) is 5.92.